The lowest BCUT2D eigenvalue weighted by molar-refractivity contribution is -0.612. The molecule has 0 saturated carbocycles. The van der Waals surface area contributed by atoms with Crippen LogP contribution in [0.25, 0.3) is 0 Å². The number of hydrogen-bond acceptors (Lipinski definition) is 6. The molecule has 2 aromatic heterocycles. The van der Waals surface area contributed by atoms with E-state index in [4.69, 9.17) is 27.9 Å². The summed E-state index contributed by atoms with van der Waals surface area (Å²) in [6.45, 7) is 0.850. The topological polar surface area (TPSA) is 107 Å². The number of ether oxygens (including phenoxy) is 1. The lowest BCUT2D eigenvalue weighted by Gasteiger charge is -2.27. The first kappa shape index (κ1) is 27.0. The third-order valence-corrected chi connectivity index (χ3v) is 7.18. The van der Waals surface area contributed by atoms with Gasteiger partial charge in [0.25, 0.3) is 10.0 Å². The number of sulfonamides is 1. The van der Waals surface area contributed by atoms with Crippen LogP contribution in [0.5, 0.6) is 0 Å². The third-order valence-electron chi connectivity index (χ3n) is 4.91. The van der Waals surface area contributed by atoms with E-state index in [1.807, 2.05) is 0 Å². The van der Waals surface area contributed by atoms with Crippen LogP contribution in [-0.2, 0) is 20.9 Å². The molecular weight excluding hydrogens is 534 g/mol. The lowest BCUT2D eigenvalue weighted by Crippen LogP contribution is -2.34. The molecule has 1 aromatic carbocycles. The van der Waals surface area contributed by atoms with Crippen molar-refractivity contribution in [1.82, 2.24) is 4.98 Å². The van der Waals surface area contributed by atoms with E-state index in [0.717, 1.165) is 24.5 Å². The van der Waals surface area contributed by atoms with Crippen LogP contribution in [0.3, 0.4) is 0 Å². The molecule has 3 rings (SSSR count). The van der Waals surface area contributed by atoms with Crippen molar-refractivity contribution < 1.29 is 36.2 Å². The van der Waals surface area contributed by atoms with Gasteiger partial charge < -0.3 is 15.1 Å². The first-order valence-corrected chi connectivity index (χ1v) is 11.9. The quantitative estimate of drug-likeness (QED) is 0.267. The molecule has 1 N–H and O–H groups in total. The largest absolute Gasteiger partial charge is 0.619 e. The van der Waals surface area contributed by atoms with Gasteiger partial charge in [-0.15, -0.1) is 0 Å². The fourth-order valence-corrected chi connectivity index (χ4v) is 4.98. The SMILES string of the molecule is COCN(c1cc(Cl)cnc1C(O)c1cc[n+]([O-])c(C)c1)S(=O)(=O)c1ccc(Cl)c(C(F)(F)F)c1. The third kappa shape index (κ3) is 5.62. The molecule has 0 saturated heterocycles. The second kappa shape index (κ2) is 10.2. The van der Waals surface area contributed by atoms with Crippen molar-refractivity contribution in [3.05, 3.63) is 86.6 Å². The van der Waals surface area contributed by atoms with Gasteiger partial charge in [0.05, 0.1) is 31.9 Å². The summed E-state index contributed by atoms with van der Waals surface area (Å²) in [5.41, 5.74) is -1.31. The Bertz CT molecular complexity index is 1360. The molecule has 188 valence electrons. The summed E-state index contributed by atoms with van der Waals surface area (Å²) >= 11 is 11.7. The molecule has 3 aromatic rings. The number of aromatic nitrogens is 2. The average Bonchev–Trinajstić information content (AvgIpc) is 2.78. The van der Waals surface area contributed by atoms with E-state index < -0.39 is 44.5 Å². The minimum Gasteiger partial charge on any atom is -0.619 e. The van der Waals surface area contributed by atoms with Crippen LogP contribution in [0.1, 0.15) is 28.6 Å². The Balaban J connectivity index is 2.19. The van der Waals surface area contributed by atoms with Crippen molar-refractivity contribution >= 4 is 38.9 Å². The molecular formula is C21H18Cl2F3N3O5S. The van der Waals surface area contributed by atoms with Gasteiger partial charge in [0.2, 0.25) is 0 Å². The van der Waals surface area contributed by atoms with Gasteiger partial charge in [0.1, 0.15) is 12.8 Å². The fourth-order valence-electron chi connectivity index (χ4n) is 3.20. The summed E-state index contributed by atoms with van der Waals surface area (Å²) in [5, 5.41) is 21.9. The molecule has 0 radical (unpaired) electrons. The molecule has 1 unspecified atom stereocenters. The maximum atomic E-state index is 13.5. The standard InChI is InChI=1S/C21H18Cl2F3N3O5S/c1-12-7-13(5-6-28(12)31)20(30)19-18(8-14(22)10-27-19)29(11-34-2)35(32,33)15-3-4-17(23)16(9-15)21(24,25)26/h3-10,20,30H,11H2,1-2H3. The van der Waals surface area contributed by atoms with E-state index >= 15 is 0 Å². The Morgan fingerprint density at radius 2 is 1.91 bits per heavy atom. The first-order valence-electron chi connectivity index (χ1n) is 9.69. The predicted octanol–water partition coefficient (Wildman–Crippen LogP) is 4.23. The molecule has 0 spiro atoms. The molecule has 35 heavy (non-hydrogen) atoms. The first-order chi connectivity index (χ1) is 16.3. The molecule has 1 atom stereocenters. The van der Waals surface area contributed by atoms with E-state index in [2.05, 4.69) is 4.98 Å². The van der Waals surface area contributed by atoms with Crippen molar-refractivity contribution in [2.75, 3.05) is 18.1 Å². The van der Waals surface area contributed by atoms with Crippen LogP contribution in [0.4, 0.5) is 18.9 Å². The Labute approximate surface area is 208 Å². The molecule has 14 heteroatoms. The summed E-state index contributed by atoms with van der Waals surface area (Å²) < 4.78 is 73.2. The smallest absolute Gasteiger partial charge is 0.417 e. The van der Waals surface area contributed by atoms with Gasteiger partial charge in [0, 0.05) is 32.4 Å². The van der Waals surface area contributed by atoms with Crippen LogP contribution >= 0.6 is 23.2 Å². The highest BCUT2D eigenvalue weighted by Crippen LogP contribution is 2.38. The highest BCUT2D eigenvalue weighted by atomic mass is 35.5. The van der Waals surface area contributed by atoms with E-state index in [1.54, 1.807) is 0 Å². The molecule has 2 heterocycles. The number of pyridine rings is 2. The van der Waals surface area contributed by atoms with Gasteiger partial charge in [-0.25, -0.2) is 12.7 Å². The second-order valence-corrected chi connectivity index (χ2v) is 10.0. The van der Waals surface area contributed by atoms with Crippen LogP contribution in [-0.4, -0.2) is 32.3 Å². The zero-order chi connectivity index (χ0) is 26.1. The van der Waals surface area contributed by atoms with E-state index in [1.165, 1.54) is 32.2 Å². The van der Waals surface area contributed by atoms with E-state index in [9.17, 15) is 31.9 Å². The minimum absolute atomic E-state index is 0.0130. The van der Waals surface area contributed by atoms with Gasteiger partial charge in [-0.05, 0) is 29.8 Å². The number of alkyl halides is 3. The van der Waals surface area contributed by atoms with Gasteiger partial charge in [0.15, 0.2) is 11.9 Å². The lowest BCUT2D eigenvalue weighted by atomic mass is 10.1. The number of methoxy groups -OCH3 is 1. The molecule has 0 amide bonds. The molecule has 0 aliphatic carbocycles. The van der Waals surface area contributed by atoms with Gasteiger partial charge >= 0.3 is 6.18 Å². The van der Waals surface area contributed by atoms with Crippen molar-refractivity contribution in [3.63, 3.8) is 0 Å². The van der Waals surface area contributed by atoms with E-state index in [-0.39, 0.29) is 27.7 Å². The zero-order valence-electron chi connectivity index (χ0n) is 18.1. The summed E-state index contributed by atoms with van der Waals surface area (Å²) in [4.78, 5) is 3.33. The average molecular weight is 552 g/mol. The normalized spacial score (nSPS) is 13.0. The van der Waals surface area contributed by atoms with E-state index in [0.29, 0.717) is 15.1 Å². The number of rotatable bonds is 7. The maximum absolute atomic E-state index is 13.5. The molecule has 8 nitrogen and oxygen atoms in total. The Hall–Kier alpha value is -2.64. The van der Waals surface area contributed by atoms with Crippen LogP contribution in [0, 0.1) is 12.1 Å². The highest BCUT2D eigenvalue weighted by Gasteiger charge is 2.36. The second-order valence-electron chi connectivity index (χ2n) is 7.30. The van der Waals surface area contributed by atoms with Crippen LogP contribution in [0.15, 0.2) is 53.7 Å². The van der Waals surface area contributed by atoms with Gasteiger partial charge in [-0.1, -0.05) is 23.2 Å². The molecule has 0 fully saturated rings. The Kier molecular flexibility index (Phi) is 7.82. The number of hydrogen-bond donors (Lipinski definition) is 1. The summed E-state index contributed by atoms with van der Waals surface area (Å²) in [6.07, 6.45) is -4.11. The van der Waals surface area contributed by atoms with Crippen LogP contribution in [0.2, 0.25) is 10.0 Å². The number of aliphatic hydroxyl groups is 1. The van der Waals surface area contributed by atoms with Crippen molar-refractivity contribution in [3.8, 4) is 0 Å². The number of nitrogens with zero attached hydrogens (tertiary/aromatic N) is 3. The number of halogens is 5. The Morgan fingerprint density at radius 1 is 1.23 bits per heavy atom. The van der Waals surface area contributed by atoms with Gasteiger partial charge in [-0.3, -0.25) is 4.98 Å². The van der Waals surface area contributed by atoms with Crippen molar-refractivity contribution in [1.29, 1.82) is 0 Å². The highest BCUT2D eigenvalue weighted by molar-refractivity contribution is 7.92. The van der Waals surface area contributed by atoms with Crippen molar-refractivity contribution in [2.45, 2.75) is 24.1 Å². The summed E-state index contributed by atoms with van der Waals surface area (Å²) in [5.74, 6) is 0. The number of anilines is 1. The number of benzene rings is 1. The monoisotopic (exact) mass is 551 g/mol. The predicted molar refractivity (Wildman–Crippen MR) is 121 cm³/mol. The number of aliphatic hydroxyl groups excluding tert-OH is 1. The van der Waals surface area contributed by atoms with Crippen LogP contribution < -0.4 is 9.04 Å². The molecule has 0 aliphatic heterocycles. The Morgan fingerprint density at radius 3 is 2.51 bits per heavy atom. The minimum atomic E-state index is -4.91. The summed E-state index contributed by atoms with van der Waals surface area (Å²) in [7, 11) is -3.53. The maximum Gasteiger partial charge on any atom is 0.417 e. The summed E-state index contributed by atoms with van der Waals surface area (Å²) in [6, 6.07) is 6.00. The van der Waals surface area contributed by atoms with Crippen molar-refractivity contribution in [2.24, 2.45) is 0 Å². The van der Waals surface area contributed by atoms with Gasteiger partial charge in [-0.2, -0.15) is 17.9 Å². The fraction of sp³-hybridized carbons (Fsp3) is 0.238. The molecule has 0 aliphatic rings. The number of aryl methyl sites for hydroxylation is 1. The molecule has 0 bridgehead atoms. The zero-order valence-corrected chi connectivity index (χ0v) is 20.5.